The minimum atomic E-state index is 0.270. The molecule has 3 nitrogen and oxygen atoms in total. The van der Waals surface area contributed by atoms with Gasteiger partial charge in [0.2, 0.25) is 0 Å². The molecule has 1 saturated heterocycles. The summed E-state index contributed by atoms with van der Waals surface area (Å²) in [4.78, 5) is 16.6. The number of hydrogen-bond acceptors (Lipinski definition) is 1. The van der Waals surface area contributed by atoms with Crippen molar-refractivity contribution in [3.05, 3.63) is 0 Å². The summed E-state index contributed by atoms with van der Waals surface area (Å²) in [5.74, 6) is 0.654. The lowest BCUT2D eigenvalue weighted by Crippen LogP contribution is -2.45. The van der Waals surface area contributed by atoms with Crippen molar-refractivity contribution >= 4 is 6.03 Å². The van der Waals surface area contributed by atoms with E-state index in [9.17, 15) is 4.79 Å². The molecule has 0 spiro atoms. The van der Waals surface area contributed by atoms with Crippen LogP contribution < -0.4 is 0 Å². The van der Waals surface area contributed by atoms with Gasteiger partial charge in [-0.25, -0.2) is 4.79 Å². The molecule has 0 aromatic heterocycles. The van der Waals surface area contributed by atoms with Gasteiger partial charge in [-0.3, -0.25) is 0 Å². The topological polar surface area (TPSA) is 23.6 Å². The van der Waals surface area contributed by atoms with Crippen molar-refractivity contribution in [3.63, 3.8) is 0 Å². The molecule has 1 aliphatic heterocycles. The Morgan fingerprint density at radius 3 is 2.06 bits per heavy atom. The summed E-state index contributed by atoms with van der Waals surface area (Å²) in [6.07, 6.45) is 7.24. The Balaban J connectivity index is 2.54. The third-order valence-electron chi connectivity index (χ3n) is 4.16. The van der Waals surface area contributed by atoms with Crippen molar-refractivity contribution in [2.24, 2.45) is 5.92 Å². The van der Waals surface area contributed by atoms with Gasteiger partial charge in [0.05, 0.1) is 0 Å². The molecule has 1 heterocycles. The third kappa shape index (κ3) is 4.51. The molecule has 1 aliphatic rings. The molecule has 0 saturated carbocycles. The van der Waals surface area contributed by atoms with E-state index in [0.717, 1.165) is 26.2 Å². The van der Waals surface area contributed by atoms with E-state index < -0.39 is 0 Å². The lowest BCUT2D eigenvalue weighted by atomic mass is 10.0. The van der Waals surface area contributed by atoms with Gasteiger partial charge < -0.3 is 9.80 Å². The van der Waals surface area contributed by atoms with Gasteiger partial charge in [-0.15, -0.1) is 0 Å². The molecule has 0 aromatic rings. The molecule has 1 rings (SSSR count). The number of likely N-dealkylation sites (tertiary alicyclic amines) is 1. The van der Waals surface area contributed by atoms with Gasteiger partial charge in [0.25, 0.3) is 0 Å². The highest BCUT2D eigenvalue weighted by Gasteiger charge is 2.22. The zero-order valence-corrected chi connectivity index (χ0v) is 12.5. The third-order valence-corrected chi connectivity index (χ3v) is 4.16. The monoisotopic (exact) mass is 254 g/mol. The molecule has 106 valence electrons. The zero-order chi connectivity index (χ0) is 13.4. The van der Waals surface area contributed by atoms with Crippen molar-refractivity contribution in [3.8, 4) is 0 Å². The van der Waals surface area contributed by atoms with E-state index in [4.69, 9.17) is 0 Å². The molecule has 2 amide bonds. The molecule has 0 bridgehead atoms. The van der Waals surface area contributed by atoms with Gasteiger partial charge in [-0.05, 0) is 25.7 Å². The zero-order valence-electron chi connectivity index (χ0n) is 12.5. The first kappa shape index (κ1) is 15.3. The Bertz CT molecular complexity index is 231. The predicted octanol–water partition coefficient (Wildman–Crippen LogP) is 3.74. The summed E-state index contributed by atoms with van der Waals surface area (Å²) in [7, 11) is 0. The summed E-state index contributed by atoms with van der Waals surface area (Å²) in [5, 5.41) is 0. The summed E-state index contributed by atoms with van der Waals surface area (Å²) < 4.78 is 0. The van der Waals surface area contributed by atoms with Gasteiger partial charge in [0.15, 0.2) is 0 Å². The van der Waals surface area contributed by atoms with Crippen LogP contribution in [-0.4, -0.2) is 42.0 Å². The highest BCUT2D eigenvalue weighted by atomic mass is 16.2. The van der Waals surface area contributed by atoms with Crippen LogP contribution in [0.15, 0.2) is 0 Å². The molecule has 0 aliphatic carbocycles. The second-order valence-electron chi connectivity index (χ2n) is 5.40. The maximum Gasteiger partial charge on any atom is 0.319 e. The fraction of sp³-hybridized carbons (Fsp3) is 0.933. The number of carbonyl (C=O) groups excluding carboxylic acids is 1. The van der Waals surface area contributed by atoms with Gasteiger partial charge in [0, 0.05) is 26.2 Å². The first-order chi connectivity index (χ1) is 8.72. The van der Waals surface area contributed by atoms with Crippen molar-refractivity contribution in [1.82, 2.24) is 9.80 Å². The Morgan fingerprint density at radius 1 is 1.06 bits per heavy atom. The van der Waals surface area contributed by atoms with Crippen molar-refractivity contribution in [2.45, 2.75) is 59.3 Å². The van der Waals surface area contributed by atoms with E-state index in [1.165, 1.54) is 38.5 Å². The fourth-order valence-corrected chi connectivity index (χ4v) is 2.66. The Labute approximate surface area is 113 Å². The Morgan fingerprint density at radius 2 is 1.61 bits per heavy atom. The molecular formula is C15H30N2O. The van der Waals surface area contributed by atoms with E-state index in [1.807, 2.05) is 4.90 Å². The van der Waals surface area contributed by atoms with Crippen LogP contribution in [0.1, 0.15) is 59.3 Å². The molecule has 0 unspecified atom stereocenters. The van der Waals surface area contributed by atoms with Crippen molar-refractivity contribution < 1.29 is 4.79 Å². The quantitative estimate of drug-likeness (QED) is 0.733. The first-order valence-corrected chi connectivity index (χ1v) is 7.76. The lowest BCUT2D eigenvalue weighted by molar-refractivity contribution is 0.147. The maximum absolute atomic E-state index is 12.5. The molecule has 0 radical (unpaired) electrons. The van der Waals surface area contributed by atoms with Crippen LogP contribution >= 0.6 is 0 Å². The van der Waals surface area contributed by atoms with E-state index in [-0.39, 0.29) is 6.03 Å². The lowest BCUT2D eigenvalue weighted by Gasteiger charge is -2.31. The van der Waals surface area contributed by atoms with Gasteiger partial charge in [-0.2, -0.15) is 0 Å². The van der Waals surface area contributed by atoms with Crippen LogP contribution in [0, 0.1) is 5.92 Å². The number of carbonyl (C=O) groups is 1. The normalized spacial score (nSPS) is 16.8. The summed E-state index contributed by atoms with van der Waals surface area (Å²) in [6, 6.07) is 0.270. The van der Waals surface area contributed by atoms with Gasteiger partial charge in [-0.1, -0.05) is 39.5 Å². The molecule has 1 fully saturated rings. The molecule has 0 N–H and O–H groups in total. The second-order valence-corrected chi connectivity index (χ2v) is 5.40. The number of amides is 2. The average molecular weight is 254 g/mol. The number of nitrogens with zero attached hydrogens (tertiary/aromatic N) is 2. The minimum Gasteiger partial charge on any atom is -0.325 e. The number of urea groups is 1. The number of rotatable bonds is 5. The Hall–Kier alpha value is -0.730. The van der Waals surface area contributed by atoms with E-state index in [2.05, 4.69) is 25.7 Å². The van der Waals surface area contributed by atoms with Crippen LogP contribution in [0.4, 0.5) is 4.79 Å². The second kappa shape index (κ2) is 8.39. The van der Waals surface area contributed by atoms with Crippen molar-refractivity contribution in [1.29, 1.82) is 0 Å². The average Bonchev–Trinajstić information content (AvgIpc) is 2.68. The van der Waals surface area contributed by atoms with Crippen LogP contribution in [0.5, 0.6) is 0 Å². The summed E-state index contributed by atoms with van der Waals surface area (Å²) in [6.45, 7) is 10.2. The molecule has 18 heavy (non-hydrogen) atoms. The predicted molar refractivity (Wildman–Crippen MR) is 76.8 cm³/mol. The van der Waals surface area contributed by atoms with E-state index >= 15 is 0 Å². The Kier molecular flexibility index (Phi) is 7.14. The van der Waals surface area contributed by atoms with Crippen LogP contribution in [0.2, 0.25) is 0 Å². The molecular weight excluding hydrogens is 224 g/mol. The first-order valence-electron chi connectivity index (χ1n) is 7.76. The van der Waals surface area contributed by atoms with Crippen LogP contribution in [0.25, 0.3) is 0 Å². The highest BCUT2D eigenvalue weighted by molar-refractivity contribution is 5.74. The molecule has 0 atom stereocenters. The van der Waals surface area contributed by atoms with E-state index in [0.29, 0.717) is 5.92 Å². The molecule has 0 aromatic carbocycles. The van der Waals surface area contributed by atoms with Crippen LogP contribution in [-0.2, 0) is 0 Å². The van der Waals surface area contributed by atoms with Crippen LogP contribution in [0.3, 0.4) is 0 Å². The van der Waals surface area contributed by atoms with Gasteiger partial charge in [0.1, 0.15) is 0 Å². The maximum atomic E-state index is 12.5. The SMILES string of the molecule is CCC(CC)CN(CC)C(=O)N1CCCCCC1. The van der Waals surface area contributed by atoms with Crippen molar-refractivity contribution in [2.75, 3.05) is 26.2 Å². The highest BCUT2D eigenvalue weighted by Crippen LogP contribution is 2.15. The minimum absolute atomic E-state index is 0.270. The summed E-state index contributed by atoms with van der Waals surface area (Å²) in [5.41, 5.74) is 0. The smallest absolute Gasteiger partial charge is 0.319 e. The fourth-order valence-electron chi connectivity index (χ4n) is 2.66. The number of hydrogen-bond donors (Lipinski definition) is 0. The van der Waals surface area contributed by atoms with E-state index in [1.54, 1.807) is 0 Å². The summed E-state index contributed by atoms with van der Waals surface area (Å²) >= 11 is 0. The molecule has 3 heteroatoms. The largest absolute Gasteiger partial charge is 0.325 e. The standard InChI is InChI=1S/C15H30N2O/c1-4-14(5-2)13-16(6-3)15(18)17-11-9-7-8-10-12-17/h14H,4-13H2,1-3H3. The van der Waals surface area contributed by atoms with Gasteiger partial charge >= 0.3 is 6.03 Å².